The predicted molar refractivity (Wildman–Crippen MR) is 121 cm³/mol. The quantitative estimate of drug-likeness (QED) is 0.656. The van der Waals surface area contributed by atoms with E-state index in [9.17, 15) is 18.8 Å². The number of halogens is 2. The van der Waals surface area contributed by atoms with Gasteiger partial charge in [-0.05, 0) is 57.2 Å². The Kier molecular flexibility index (Phi) is 6.81. The highest BCUT2D eigenvalue weighted by molar-refractivity contribution is 6.31. The molecule has 4 rings (SSSR count). The van der Waals surface area contributed by atoms with E-state index in [2.05, 4.69) is 10.7 Å². The normalized spacial score (nSPS) is 27.2. The number of benzene rings is 1. The summed E-state index contributed by atoms with van der Waals surface area (Å²) < 4.78 is 13.5. The smallest absolute Gasteiger partial charge is 0.337 e. The fraction of sp³-hybridized carbons (Fsp3) is 0.609. The Morgan fingerprint density at radius 1 is 1.30 bits per heavy atom. The molecule has 0 aromatic heterocycles. The van der Waals surface area contributed by atoms with E-state index in [4.69, 9.17) is 11.6 Å². The summed E-state index contributed by atoms with van der Waals surface area (Å²) in [7, 11) is 0. The first-order valence-electron chi connectivity index (χ1n) is 11.6. The Morgan fingerprint density at radius 3 is 2.73 bits per heavy atom. The zero-order chi connectivity index (χ0) is 23.9. The number of hydrazine groups is 1. The molecule has 0 spiro atoms. The van der Waals surface area contributed by atoms with Crippen LogP contribution in [0.5, 0.6) is 0 Å². The van der Waals surface area contributed by atoms with E-state index in [1.54, 1.807) is 15.9 Å². The lowest BCUT2D eigenvalue weighted by Gasteiger charge is -2.49. The van der Waals surface area contributed by atoms with Crippen LogP contribution in [0.25, 0.3) is 0 Å². The highest BCUT2D eigenvalue weighted by Crippen LogP contribution is 2.40. The van der Waals surface area contributed by atoms with Gasteiger partial charge in [0.1, 0.15) is 5.82 Å². The number of urea groups is 1. The van der Waals surface area contributed by atoms with Crippen molar-refractivity contribution in [3.8, 4) is 0 Å². The van der Waals surface area contributed by atoms with Crippen molar-refractivity contribution in [1.29, 1.82) is 0 Å². The van der Waals surface area contributed by atoms with Crippen LogP contribution in [0.2, 0.25) is 5.02 Å². The molecule has 10 heteroatoms. The molecular formula is C23H31ClFN5O3. The Labute approximate surface area is 198 Å². The molecular weight excluding hydrogens is 449 g/mol. The van der Waals surface area contributed by atoms with Crippen LogP contribution in [0.1, 0.15) is 52.0 Å². The molecule has 8 nitrogen and oxygen atoms in total. The molecule has 33 heavy (non-hydrogen) atoms. The molecule has 3 fully saturated rings. The lowest BCUT2D eigenvalue weighted by atomic mass is 9.75. The Balaban J connectivity index is 1.60. The van der Waals surface area contributed by atoms with Crippen molar-refractivity contribution in [2.75, 3.05) is 6.54 Å². The average molecular weight is 480 g/mol. The van der Waals surface area contributed by atoms with Gasteiger partial charge in [-0.1, -0.05) is 24.6 Å². The van der Waals surface area contributed by atoms with Crippen LogP contribution < -0.4 is 10.7 Å². The maximum atomic E-state index is 13.5. The van der Waals surface area contributed by atoms with Gasteiger partial charge < -0.3 is 10.2 Å². The lowest BCUT2D eigenvalue weighted by molar-refractivity contribution is -0.158. The van der Waals surface area contributed by atoms with E-state index >= 15 is 0 Å². The standard InChI is InChI=1S/C23H31ClFN5O3/c1-4-9-28-21(32)17-8-6-14(20(31)26-13(2)3)10-19(17)30-22(28)27-29(23(30)33)12-15-5-7-16(25)11-18(15)24/h5,7,11,13-14,17,19,22,27H,4,6,8-10,12H2,1-3H3,(H,26,31). The highest BCUT2D eigenvalue weighted by atomic mass is 35.5. The summed E-state index contributed by atoms with van der Waals surface area (Å²) in [6.07, 6.45) is 1.79. The second kappa shape index (κ2) is 9.46. The van der Waals surface area contributed by atoms with Crippen LogP contribution in [0.3, 0.4) is 0 Å². The van der Waals surface area contributed by atoms with E-state index in [1.165, 1.54) is 17.1 Å². The van der Waals surface area contributed by atoms with Gasteiger partial charge >= 0.3 is 6.03 Å². The van der Waals surface area contributed by atoms with Crippen LogP contribution in [-0.4, -0.2) is 57.6 Å². The van der Waals surface area contributed by atoms with E-state index in [0.717, 1.165) is 6.42 Å². The molecule has 1 saturated carbocycles. The number of carbonyl (C=O) groups excluding carboxylic acids is 3. The fourth-order valence-electron chi connectivity index (χ4n) is 5.17. The SMILES string of the molecule is CCCN1C(=O)C2CCC(C(=O)NC(C)C)CC2N2C(=O)N(Cc3ccc(F)cc3Cl)NC12. The molecule has 4 amide bonds. The number of amides is 4. The third-order valence-electron chi connectivity index (χ3n) is 6.67. The molecule has 2 heterocycles. The largest absolute Gasteiger partial charge is 0.354 e. The van der Waals surface area contributed by atoms with Crippen molar-refractivity contribution in [2.45, 2.75) is 71.4 Å². The first-order chi connectivity index (χ1) is 15.7. The van der Waals surface area contributed by atoms with Crippen LogP contribution in [0.15, 0.2) is 18.2 Å². The third-order valence-corrected chi connectivity index (χ3v) is 7.02. The number of fused-ring (bicyclic) bond motifs is 3. The Hall–Kier alpha value is -2.39. The summed E-state index contributed by atoms with van der Waals surface area (Å²) in [5, 5.41) is 4.63. The maximum absolute atomic E-state index is 13.5. The second-order valence-corrected chi connectivity index (χ2v) is 9.80. The van der Waals surface area contributed by atoms with Gasteiger partial charge in [-0.2, -0.15) is 5.43 Å². The lowest BCUT2D eigenvalue weighted by Crippen LogP contribution is -2.67. The van der Waals surface area contributed by atoms with Crippen LogP contribution in [0, 0.1) is 17.7 Å². The first kappa shape index (κ1) is 23.8. The minimum Gasteiger partial charge on any atom is -0.354 e. The molecule has 3 aliphatic rings. The van der Waals surface area contributed by atoms with Crippen molar-refractivity contribution in [3.63, 3.8) is 0 Å². The Morgan fingerprint density at radius 2 is 2.06 bits per heavy atom. The van der Waals surface area contributed by atoms with Gasteiger partial charge in [0, 0.05) is 29.6 Å². The average Bonchev–Trinajstić information content (AvgIpc) is 3.08. The van der Waals surface area contributed by atoms with Gasteiger partial charge in [0.25, 0.3) is 0 Å². The van der Waals surface area contributed by atoms with Crippen LogP contribution in [-0.2, 0) is 16.1 Å². The molecule has 2 saturated heterocycles. The number of nitrogens with one attached hydrogen (secondary N) is 2. The van der Waals surface area contributed by atoms with Crippen molar-refractivity contribution in [2.24, 2.45) is 11.8 Å². The van der Waals surface area contributed by atoms with Gasteiger partial charge in [0.2, 0.25) is 11.8 Å². The molecule has 2 N–H and O–H groups in total. The predicted octanol–water partition coefficient (Wildman–Crippen LogP) is 3.07. The minimum absolute atomic E-state index is 0.0211. The van der Waals surface area contributed by atoms with Crippen molar-refractivity contribution in [3.05, 3.63) is 34.6 Å². The summed E-state index contributed by atoms with van der Waals surface area (Å²) >= 11 is 6.19. The summed E-state index contributed by atoms with van der Waals surface area (Å²) in [5.41, 5.74) is 3.77. The summed E-state index contributed by atoms with van der Waals surface area (Å²) in [6.45, 7) is 6.47. The molecule has 2 aliphatic heterocycles. The number of hydrogen-bond donors (Lipinski definition) is 2. The van der Waals surface area contributed by atoms with Gasteiger partial charge in [-0.25, -0.2) is 9.18 Å². The highest BCUT2D eigenvalue weighted by Gasteiger charge is 2.55. The van der Waals surface area contributed by atoms with Crippen LogP contribution in [0.4, 0.5) is 9.18 Å². The Bertz CT molecular complexity index is 945. The van der Waals surface area contributed by atoms with Gasteiger partial charge in [-0.3, -0.25) is 19.5 Å². The monoisotopic (exact) mass is 479 g/mol. The van der Waals surface area contributed by atoms with E-state index < -0.39 is 12.1 Å². The van der Waals surface area contributed by atoms with Gasteiger partial charge in [0.15, 0.2) is 6.29 Å². The van der Waals surface area contributed by atoms with Crippen LogP contribution >= 0.6 is 11.6 Å². The fourth-order valence-corrected chi connectivity index (χ4v) is 5.39. The van der Waals surface area contributed by atoms with Crippen molar-refractivity contribution < 1.29 is 18.8 Å². The number of carbonyl (C=O) groups is 3. The summed E-state index contributed by atoms with van der Waals surface area (Å²) in [4.78, 5) is 43.0. The van der Waals surface area contributed by atoms with Gasteiger partial charge in [0.05, 0.1) is 12.5 Å². The van der Waals surface area contributed by atoms with E-state index in [1.807, 2.05) is 20.8 Å². The van der Waals surface area contributed by atoms with Crippen molar-refractivity contribution >= 4 is 29.4 Å². The first-order valence-corrected chi connectivity index (χ1v) is 12.0. The third kappa shape index (κ3) is 4.53. The zero-order valence-electron chi connectivity index (χ0n) is 19.2. The molecule has 1 aliphatic carbocycles. The minimum atomic E-state index is -0.614. The number of hydrogen-bond acceptors (Lipinski definition) is 4. The van der Waals surface area contributed by atoms with E-state index in [0.29, 0.717) is 31.4 Å². The molecule has 1 aromatic rings. The second-order valence-electron chi connectivity index (χ2n) is 9.39. The van der Waals surface area contributed by atoms with E-state index in [-0.39, 0.29) is 53.3 Å². The zero-order valence-corrected chi connectivity index (χ0v) is 19.9. The summed E-state index contributed by atoms with van der Waals surface area (Å²) in [5.74, 6) is -1.02. The molecule has 0 bridgehead atoms. The number of rotatable bonds is 6. The molecule has 4 unspecified atom stereocenters. The number of nitrogens with zero attached hydrogens (tertiary/aromatic N) is 3. The maximum Gasteiger partial charge on any atom is 0.337 e. The molecule has 180 valence electrons. The summed E-state index contributed by atoms with van der Waals surface area (Å²) in [6, 6.07) is 3.47. The van der Waals surface area contributed by atoms with Gasteiger partial charge in [-0.15, -0.1) is 0 Å². The topological polar surface area (TPSA) is 85.0 Å². The molecule has 4 atom stereocenters. The molecule has 1 aromatic carbocycles. The van der Waals surface area contributed by atoms with Crippen molar-refractivity contribution in [1.82, 2.24) is 25.6 Å². The molecule has 0 radical (unpaired) electrons.